The molecule has 8 heteroatoms. The van der Waals surface area contributed by atoms with E-state index in [1.54, 1.807) is 11.2 Å². The molecule has 0 N–H and O–H groups in total. The molecule has 2 aromatic heterocycles. The summed E-state index contributed by atoms with van der Waals surface area (Å²) in [5.41, 5.74) is 0. The summed E-state index contributed by atoms with van der Waals surface area (Å²) in [7, 11) is 0. The molecule has 3 rings (SSSR count). The van der Waals surface area contributed by atoms with Crippen molar-refractivity contribution in [1.29, 1.82) is 0 Å². The van der Waals surface area contributed by atoms with E-state index in [0.717, 1.165) is 25.5 Å². The third-order valence-electron chi connectivity index (χ3n) is 2.78. The standard InChI is InChI=1S/C10H8Br2N4OS/c11-6-3-7(18-9(6)12)10(17)15-1-2-16-5-13-14-8(16)4-15/h3,5H,1-2,4H2. The summed E-state index contributed by atoms with van der Waals surface area (Å²) in [6, 6.07) is 1.84. The van der Waals surface area contributed by atoms with Gasteiger partial charge in [0.25, 0.3) is 5.91 Å². The normalized spacial score (nSPS) is 14.7. The van der Waals surface area contributed by atoms with E-state index < -0.39 is 0 Å². The molecule has 0 saturated carbocycles. The van der Waals surface area contributed by atoms with Crippen LogP contribution in [0.25, 0.3) is 0 Å². The lowest BCUT2D eigenvalue weighted by molar-refractivity contribution is 0.0712. The lowest BCUT2D eigenvalue weighted by Gasteiger charge is -2.26. The average Bonchev–Trinajstić information content (AvgIpc) is 2.95. The Hall–Kier alpha value is -0.730. The third-order valence-corrected chi connectivity index (χ3v) is 6.03. The molecular weight excluding hydrogens is 384 g/mol. The first-order valence-corrected chi connectivity index (χ1v) is 7.66. The van der Waals surface area contributed by atoms with Crippen LogP contribution in [0, 0.1) is 0 Å². The van der Waals surface area contributed by atoms with Gasteiger partial charge in [-0.1, -0.05) is 0 Å². The van der Waals surface area contributed by atoms with Gasteiger partial charge in [-0.05, 0) is 37.9 Å². The van der Waals surface area contributed by atoms with Gasteiger partial charge in [-0.3, -0.25) is 4.79 Å². The van der Waals surface area contributed by atoms with Gasteiger partial charge in [-0.15, -0.1) is 21.5 Å². The largest absolute Gasteiger partial charge is 0.329 e. The first-order chi connectivity index (χ1) is 8.65. The number of hydrogen-bond donors (Lipinski definition) is 0. The Morgan fingerprint density at radius 3 is 2.94 bits per heavy atom. The highest BCUT2D eigenvalue weighted by atomic mass is 79.9. The van der Waals surface area contributed by atoms with Crippen LogP contribution in [0.3, 0.4) is 0 Å². The lowest BCUT2D eigenvalue weighted by atomic mass is 10.3. The van der Waals surface area contributed by atoms with Crippen LogP contribution >= 0.6 is 43.2 Å². The van der Waals surface area contributed by atoms with E-state index in [1.165, 1.54) is 11.3 Å². The van der Waals surface area contributed by atoms with Gasteiger partial charge >= 0.3 is 0 Å². The van der Waals surface area contributed by atoms with E-state index in [4.69, 9.17) is 0 Å². The van der Waals surface area contributed by atoms with Gasteiger partial charge in [0.15, 0.2) is 5.82 Å². The number of carbonyl (C=O) groups excluding carboxylic acids is 1. The number of rotatable bonds is 1. The van der Waals surface area contributed by atoms with Crippen molar-refractivity contribution in [1.82, 2.24) is 19.7 Å². The summed E-state index contributed by atoms with van der Waals surface area (Å²) in [5, 5.41) is 7.86. The zero-order valence-corrected chi connectivity index (χ0v) is 13.1. The van der Waals surface area contributed by atoms with Crippen molar-refractivity contribution in [2.24, 2.45) is 0 Å². The number of nitrogens with zero attached hydrogens (tertiary/aromatic N) is 4. The fraction of sp³-hybridized carbons (Fsp3) is 0.300. The number of carbonyl (C=O) groups is 1. The van der Waals surface area contributed by atoms with Crippen LogP contribution in [-0.2, 0) is 13.1 Å². The summed E-state index contributed by atoms with van der Waals surface area (Å²) in [6.45, 7) is 1.96. The Morgan fingerprint density at radius 2 is 2.22 bits per heavy atom. The molecule has 18 heavy (non-hydrogen) atoms. The quantitative estimate of drug-likeness (QED) is 0.750. The third kappa shape index (κ3) is 2.12. The zero-order chi connectivity index (χ0) is 12.7. The molecule has 0 aliphatic carbocycles. The predicted molar refractivity (Wildman–Crippen MR) is 74.5 cm³/mol. The molecule has 0 atom stereocenters. The summed E-state index contributed by atoms with van der Waals surface area (Å²) < 4.78 is 3.83. The highest BCUT2D eigenvalue weighted by Gasteiger charge is 2.24. The van der Waals surface area contributed by atoms with Crippen molar-refractivity contribution in [2.45, 2.75) is 13.1 Å². The Morgan fingerprint density at radius 1 is 1.39 bits per heavy atom. The number of halogens is 2. The van der Waals surface area contributed by atoms with Crippen LogP contribution < -0.4 is 0 Å². The molecule has 1 aliphatic heterocycles. The van der Waals surface area contributed by atoms with E-state index >= 15 is 0 Å². The van der Waals surface area contributed by atoms with Crippen molar-refractivity contribution in [3.8, 4) is 0 Å². The van der Waals surface area contributed by atoms with Gasteiger partial charge in [0.1, 0.15) is 6.33 Å². The van der Waals surface area contributed by atoms with Crippen molar-refractivity contribution in [3.63, 3.8) is 0 Å². The minimum atomic E-state index is 0.0423. The Bertz CT molecular complexity index is 589. The summed E-state index contributed by atoms with van der Waals surface area (Å²) in [6.07, 6.45) is 1.70. The molecule has 2 aromatic rings. The van der Waals surface area contributed by atoms with Crippen LogP contribution in [0.15, 0.2) is 20.7 Å². The molecular formula is C10H8Br2N4OS. The van der Waals surface area contributed by atoms with Gasteiger partial charge < -0.3 is 9.47 Å². The van der Waals surface area contributed by atoms with Crippen LogP contribution in [0.5, 0.6) is 0 Å². The minimum Gasteiger partial charge on any atom is -0.329 e. The van der Waals surface area contributed by atoms with E-state index in [1.807, 2.05) is 10.6 Å². The number of amides is 1. The van der Waals surface area contributed by atoms with Crippen LogP contribution in [0.1, 0.15) is 15.5 Å². The van der Waals surface area contributed by atoms with Gasteiger partial charge in [-0.2, -0.15) is 0 Å². The molecule has 3 heterocycles. The highest BCUT2D eigenvalue weighted by molar-refractivity contribution is 9.13. The predicted octanol–water partition coefficient (Wildman–Crippen LogP) is 2.52. The summed E-state index contributed by atoms with van der Waals surface area (Å²) in [4.78, 5) is 14.9. The van der Waals surface area contributed by atoms with Crippen LogP contribution in [0.4, 0.5) is 0 Å². The molecule has 0 aromatic carbocycles. The number of aromatic nitrogens is 3. The van der Waals surface area contributed by atoms with E-state index in [0.29, 0.717) is 13.1 Å². The van der Waals surface area contributed by atoms with Gasteiger partial charge in [0.2, 0.25) is 0 Å². The molecule has 1 amide bonds. The van der Waals surface area contributed by atoms with Crippen molar-refractivity contribution < 1.29 is 4.79 Å². The van der Waals surface area contributed by atoms with Gasteiger partial charge in [0, 0.05) is 17.6 Å². The average molecular weight is 392 g/mol. The van der Waals surface area contributed by atoms with Crippen molar-refractivity contribution in [2.75, 3.05) is 6.54 Å². The SMILES string of the molecule is O=C(c1cc(Br)c(Br)s1)N1CCn2cnnc2C1. The number of fused-ring (bicyclic) bond motifs is 1. The smallest absolute Gasteiger partial charge is 0.264 e. The highest BCUT2D eigenvalue weighted by Crippen LogP contribution is 2.33. The van der Waals surface area contributed by atoms with E-state index in [-0.39, 0.29) is 5.91 Å². The zero-order valence-electron chi connectivity index (χ0n) is 9.14. The minimum absolute atomic E-state index is 0.0423. The van der Waals surface area contributed by atoms with Crippen LogP contribution in [-0.4, -0.2) is 32.1 Å². The second-order valence-corrected chi connectivity index (χ2v) is 7.12. The van der Waals surface area contributed by atoms with Gasteiger partial charge in [0.05, 0.1) is 15.2 Å². The molecule has 94 valence electrons. The maximum atomic E-state index is 12.3. The summed E-state index contributed by atoms with van der Waals surface area (Å²) >= 11 is 8.23. The maximum absolute atomic E-state index is 12.3. The Labute approximate surface area is 124 Å². The van der Waals surface area contributed by atoms with Crippen molar-refractivity contribution in [3.05, 3.63) is 31.4 Å². The van der Waals surface area contributed by atoms with Gasteiger partial charge in [-0.25, -0.2) is 0 Å². The first kappa shape index (κ1) is 12.3. The Balaban J connectivity index is 1.82. The number of thiophene rings is 1. The first-order valence-electron chi connectivity index (χ1n) is 5.26. The second-order valence-electron chi connectivity index (χ2n) is 3.90. The second kappa shape index (κ2) is 4.75. The molecule has 5 nitrogen and oxygen atoms in total. The molecule has 0 spiro atoms. The molecule has 0 bridgehead atoms. The molecule has 0 radical (unpaired) electrons. The fourth-order valence-corrected chi connectivity index (χ4v) is 3.85. The van der Waals surface area contributed by atoms with E-state index in [9.17, 15) is 4.79 Å². The van der Waals surface area contributed by atoms with E-state index in [2.05, 4.69) is 42.1 Å². The Kier molecular flexibility index (Phi) is 3.25. The summed E-state index contributed by atoms with van der Waals surface area (Å²) in [5.74, 6) is 0.880. The molecule has 0 saturated heterocycles. The van der Waals surface area contributed by atoms with Crippen LogP contribution in [0.2, 0.25) is 0 Å². The molecule has 0 fully saturated rings. The van der Waals surface area contributed by atoms with Crippen molar-refractivity contribution >= 4 is 49.1 Å². The molecule has 1 aliphatic rings. The number of hydrogen-bond acceptors (Lipinski definition) is 4. The topological polar surface area (TPSA) is 51.0 Å². The fourth-order valence-electron chi connectivity index (χ4n) is 1.85. The lowest BCUT2D eigenvalue weighted by Crippen LogP contribution is -2.37. The monoisotopic (exact) mass is 390 g/mol. The maximum Gasteiger partial charge on any atom is 0.264 e. The molecule has 0 unspecified atom stereocenters.